The van der Waals surface area contributed by atoms with E-state index in [-0.39, 0.29) is 17.5 Å². The van der Waals surface area contributed by atoms with Crippen LogP contribution in [0.3, 0.4) is 0 Å². The molecule has 0 aliphatic rings. The Balaban J connectivity index is 1.72. The lowest BCUT2D eigenvalue weighted by molar-refractivity contribution is 0.0779. The van der Waals surface area contributed by atoms with Crippen LogP contribution in [-0.4, -0.2) is 28.7 Å². The molecule has 0 unspecified atom stereocenters. The van der Waals surface area contributed by atoms with E-state index in [4.69, 9.17) is 0 Å². The Hall–Kier alpha value is -3.47. The van der Waals surface area contributed by atoms with Crippen molar-refractivity contribution in [3.8, 4) is 0 Å². The van der Waals surface area contributed by atoms with Crippen LogP contribution in [0.5, 0.6) is 0 Å². The van der Waals surface area contributed by atoms with Gasteiger partial charge in [0.25, 0.3) is 11.8 Å². The lowest BCUT2D eigenvalue weighted by Crippen LogP contribution is -2.27. The molecule has 0 saturated carbocycles. The number of aryl methyl sites for hydroxylation is 2. The van der Waals surface area contributed by atoms with Crippen LogP contribution in [0.1, 0.15) is 37.5 Å². The van der Waals surface area contributed by atoms with Gasteiger partial charge >= 0.3 is 0 Å². The molecule has 3 aromatic rings. The second kappa shape index (κ2) is 8.48. The van der Waals surface area contributed by atoms with Crippen molar-refractivity contribution in [3.05, 3.63) is 94.8 Å². The molecule has 28 heavy (non-hydrogen) atoms. The zero-order valence-corrected chi connectivity index (χ0v) is 16.3. The molecular formula is C23H23N3O2. The largest absolute Gasteiger partial charge is 0.336 e. The Morgan fingerprint density at radius 3 is 2.43 bits per heavy atom. The summed E-state index contributed by atoms with van der Waals surface area (Å²) in [5.41, 5.74) is 4.65. The SMILES string of the molecule is Cc1ccc(NC(=O)c2ccnc(C(=O)N(C)Cc3ccccc3)c2)cc1C. The zero-order valence-electron chi connectivity index (χ0n) is 16.3. The molecule has 0 fully saturated rings. The maximum Gasteiger partial charge on any atom is 0.272 e. The minimum atomic E-state index is -0.273. The number of rotatable bonds is 5. The number of aromatic nitrogens is 1. The van der Waals surface area contributed by atoms with Crippen molar-refractivity contribution in [2.75, 3.05) is 12.4 Å². The highest BCUT2D eigenvalue weighted by molar-refractivity contribution is 6.05. The number of nitrogens with one attached hydrogen (secondary N) is 1. The van der Waals surface area contributed by atoms with Crippen LogP contribution in [0.4, 0.5) is 5.69 Å². The Morgan fingerprint density at radius 2 is 1.71 bits per heavy atom. The highest BCUT2D eigenvalue weighted by atomic mass is 16.2. The van der Waals surface area contributed by atoms with Gasteiger partial charge in [-0.2, -0.15) is 0 Å². The minimum absolute atomic E-state index is 0.232. The molecule has 2 amide bonds. The number of hydrogen-bond acceptors (Lipinski definition) is 3. The summed E-state index contributed by atoms with van der Waals surface area (Å²) in [6.45, 7) is 4.49. The lowest BCUT2D eigenvalue weighted by Gasteiger charge is -2.17. The van der Waals surface area contributed by atoms with Gasteiger partial charge in [-0.3, -0.25) is 14.6 Å². The van der Waals surface area contributed by atoms with E-state index in [0.29, 0.717) is 12.1 Å². The normalized spacial score (nSPS) is 10.4. The molecule has 5 heteroatoms. The molecule has 5 nitrogen and oxygen atoms in total. The van der Waals surface area contributed by atoms with Gasteiger partial charge in [0.15, 0.2) is 0 Å². The predicted octanol–water partition coefficient (Wildman–Crippen LogP) is 4.22. The fourth-order valence-corrected chi connectivity index (χ4v) is 2.84. The monoisotopic (exact) mass is 373 g/mol. The fourth-order valence-electron chi connectivity index (χ4n) is 2.84. The molecule has 0 spiro atoms. The maximum atomic E-state index is 12.7. The van der Waals surface area contributed by atoms with Crippen molar-refractivity contribution in [1.82, 2.24) is 9.88 Å². The van der Waals surface area contributed by atoms with Crippen molar-refractivity contribution in [3.63, 3.8) is 0 Å². The third-order valence-corrected chi connectivity index (χ3v) is 4.62. The topological polar surface area (TPSA) is 62.3 Å². The second-order valence-corrected chi connectivity index (χ2v) is 6.83. The summed E-state index contributed by atoms with van der Waals surface area (Å²) in [7, 11) is 1.72. The van der Waals surface area contributed by atoms with E-state index in [1.165, 1.54) is 12.3 Å². The Morgan fingerprint density at radius 1 is 0.964 bits per heavy atom. The molecule has 0 atom stereocenters. The van der Waals surface area contributed by atoms with Crippen molar-refractivity contribution < 1.29 is 9.59 Å². The van der Waals surface area contributed by atoms with Crippen LogP contribution in [0.25, 0.3) is 0 Å². The fraction of sp³-hybridized carbons (Fsp3) is 0.174. The summed E-state index contributed by atoms with van der Waals surface area (Å²) in [4.78, 5) is 31.0. The second-order valence-electron chi connectivity index (χ2n) is 6.83. The number of amides is 2. The molecule has 1 aromatic heterocycles. The highest BCUT2D eigenvalue weighted by Gasteiger charge is 2.16. The summed E-state index contributed by atoms with van der Waals surface area (Å²) in [5, 5.41) is 2.87. The number of nitrogens with zero attached hydrogens (tertiary/aromatic N) is 2. The standard InChI is InChI=1S/C23H23N3O2/c1-16-9-10-20(13-17(16)2)25-22(27)19-11-12-24-21(14-19)23(28)26(3)15-18-7-5-4-6-8-18/h4-14H,15H2,1-3H3,(H,25,27). The average Bonchev–Trinajstić information content (AvgIpc) is 2.71. The summed E-state index contributed by atoms with van der Waals surface area (Å²) in [5.74, 6) is -0.505. The van der Waals surface area contributed by atoms with E-state index in [0.717, 1.165) is 22.4 Å². The first-order valence-electron chi connectivity index (χ1n) is 9.08. The van der Waals surface area contributed by atoms with Crippen LogP contribution in [-0.2, 0) is 6.54 Å². The Kier molecular flexibility index (Phi) is 5.84. The van der Waals surface area contributed by atoms with Crippen LogP contribution in [0, 0.1) is 13.8 Å². The van der Waals surface area contributed by atoms with Gasteiger partial charge in [0.2, 0.25) is 0 Å². The molecule has 0 radical (unpaired) electrons. The van der Waals surface area contributed by atoms with E-state index in [1.54, 1.807) is 18.0 Å². The summed E-state index contributed by atoms with van der Waals surface area (Å²) in [6.07, 6.45) is 1.49. The molecule has 2 aromatic carbocycles. The molecule has 0 bridgehead atoms. The summed E-state index contributed by atoms with van der Waals surface area (Å²) < 4.78 is 0. The Labute approximate surface area is 165 Å². The van der Waals surface area contributed by atoms with Crippen molar-refractivity contribution in [1.29, 1.82) is 0 Å². The molecule has 1 N–H and O–H groups in total. The van der Waals surface area contributed by atoms with Gasteiger partial charge in [0.05, 0.1) is 0 Å². The van der Waals surface area contributed by atoms with Crippen LogP contribution in [0.15, 0.2) is 66.9 Å². The maximum absolute atomic E-state index is 12.7. The van der Waals surface area contributed by atoms with Crippen molar-refractivity contribution in [2.45, 2.75) is 20.4 Å². The zero-order chi connectivity index (χ0) is 20.1. The predicted molar refractivity (Wildman–Crippen MR) is 110 cm³/mol. The van der Waals surface area contributed by atoms with Crippen LogP contribution in [0.2, 0.25) is 0 Å². The van der Waals surface area contributed by atoms with E-state index < -0.39 is 0 Å². The van der Waals surface area contributed by atoms with Gasteiger partial charge in [-0.15, -0.1) is 0 Å². The molecule has 142 valence electrons. The molecule has 3 rings (SSSR count). The molecule has 0 aliphatic carbocycles. The van der Waals surface area contributed by atoms with Crippen LogP contribution >= 0.6 is 0 Å². The number of benzene rings is 2. The van der Waals surface area contributed by atoms with E-state index >= 15 is 0 Å². The third kappa shape index (κ3) is 4.62. The first kappa shape index (κ1) is 19.3. The lowest BCUT2D eigenvalue weighted by atomic mass is 10.1. The van der Waals surface area contributed by atoms with Gasteiger partial charge in [-0.25, -0.2) is 0 Å². The van der Waals surface area contributed by atoms with E-state index in [1.807, 2.05) is 62.4 Å². The van der Waals surface area contributed by atoms with Gasteiger partial charge in [-0.1, -0.05) is 36.4 Å². The number of hydrogen-bond donors (Lipinski definition) is 1. The molecular weight excluding hydrogens is 350 g/mol. The summed E-state index contributed by atoms with van der Waals surface area (Å²) >= 11 is 0. The average molecular weight is 373 g/mol. The van der Waals surface area contributed by atoms with Gasteiger partial charge in [0.1, 0.15) is 5.69 Å². The van der Waals surface area contributed by atoms with Crippen LogP contribution < -0.4 is 5.32 Å². The number of pyridine rings is 1. The van der Waals surface area contributed by atoms with Gasteiger partial charge < -0.3 is 10.2 Å². The van der Waals surface area contributed by atoms with E-state index in [9.17, 15) is 9.59 Å². The smallest absolute Gasteiger partial charge is 0.272 e. The number of carbonyl (C=O) groups excluding carboxylic acids is 2. The molecule has 1 heterocycles. The molecule has 0 aliphatic heterocycles. The van der Waals surface area contributed by atoms with Gasteiger partial charge in [-0.05, 0) is 54.8 Å². The first-order chi connectivity index (χ1) is 13.4. The van der Waals surface area contributed by atoms with Crippen molar-refractivity contribution >= 4 is 17.5 Å². The summed E-state index contributed by atoms with van der Waals surface area (Å²) in [6, 6.07) is 18.6. The quantitative estimate of drug-likeness (QED) is 0.728. The van der Waals surface area contributed by atoms with Gasteiger partial charge in [0, 0.05) is 31.0 Å². The third-order valence-electron chi connectivity index (χ3n) is 4.62. The first-order valence-corrected chi connectivity index (χ1v) is 9.08. The van der Waals surface area contributed by atoms with E-state index in [2.05, 4.69) is 10.3 Å². The van der Waals surface area contributed by atoms with Crippen molar-refractivity contribution in [2.24, 2.45) is 0 Å². The number of carbonyl (C=O) groups is 2. The Bertz CT molecular complexity index is 1000. The molecule has 0 saturated heterocycles. The number of anilines is 1. The highest BCUT2D eigenvalue weighted by Crippen LogP contribution is 2.16. The minimum Gasteiger partial charge on any atom is -0.336 e.